The van der Waals surface area contributed by atoms with Crippen LogP contribution < -0.4 is 0 Å². The van der Waals surface area contributed by atoms with Crippen LogP contribution in [0, 0.1) is 0 Å². The van der Waals surface area contributed by atoms with Crippen LogP contribution in [0.4, 0.5) is 0 Å². The molecule has 1 aliphatic rings. The molecule has 1 aromatic rings. The Labute approximate surface area is 120 Å². The van der Waals surface area contributed by atoms with Gasteiger partial charge in [0.1, 0.15) is 6.10 Å². The molecule has 1 saturated heterocycles. The zero-order valence-corrected chi connectivity index (χ0v) is 13.0. The molecule has 0 saturated carbocycles. The first-order chi connectivity index (χ1) is 8.63. The highest BCUT2D eigenvalue weighted by atomic mass is 79.9. The maximum Gasteiger partial charge on any atom is 0.168 e. The third-order valence-electron chi connectivity index (χ3n) is 3.02. The molecule has 0 spiro atoms. The van der Waals surface area contributed by atoms with E-state index < -0.39 is 0 Å². The predicted molar refractivity (Wildman–Crippen MR) is 76.1 cm³/mol. The first kappa shape index (κ1) is 14.1. The van der Waals surface area contributed by atoms with Crippen molar-refractivity contribution in [1.29, 1.82) is 0 Å². The number of thioether (sulfide) groups is 1. The Morgan fingerprint density at radius 2 is 2.44 bits per heavy atom. The Bertz CT molecular complexity index is 442. The van der Waals surface area contributed by atoms with Crippen LogP contribution >= 0.6 is 27.7 Å². The van der Waals surface area contributed by atoms with Crippen molar-refractivity contribution >= 4 is 33.5 Å². The number of Topliss-reactive ketones (excluding diaryl/α,β-unsaturated/α-hetero) is 1. The van der Waals surface area contributed by atoms with E-state index >= 15 is 0 Å². The van der Waals surface area contributed by atoms with Crippen LogP contribution in [-0.2, 0) is 29.4 Å². The molecule has 1 aliphatic heterocycles. The Hall–Kier alpha value is -0.330. The van der Waals surface area contributed by atoms with Gasteiger partial charge in [0.05, 0.1) is 28.9 Å². The second-order valence-electron chi connectivity index (χ2n) is 4.26. The maximum absolute atomic E-state index is 12.2. The van der Waals surface area contributed by atoms with Crippen molar-refractivity contribution in [3.63, 3.8) is 0 Å². The molecule has 1 atom stereocenters. The van der Waals surface area contributed by atoms with E-state index in [0.717, 1.165) is 33.8 Å². The third-order valence-corrected chi connectivity index (χ3v) is 4.93. The lowest BCUT2D eigenvalue weighted by molar-refractivity contribution is -0.128. The van der Waals surface area contributed by atoms with Crippen molar-refractivity contribution in [2.45, 2.75) is 25.9 Å². The molecule has 0 N–H and O–H groups in total. The van der Waals surface area contributed by atoms with Gasteiger partial charge in [0.2, 0.25) is 0 Å². The number of carbonyl (C=O) groups excluding carboxylic acids is 1. The molecule has 4 nitrogen and oxygen atoms in total. The van der Waals surface area contributed by atoms with Gasteiger partial charge in [-0.1, -0.05) is 6.92 Å². The Balaban J connectivity index is 2.08. The number of aromatic nitrogens is 2. The van der Waals surface area contributed by atoms with Crippen LogP contribution in [0.3, 0.4) is 0 Å². The van der Waals surface area contributed by atoms with Crippen molar-refractivity contribution < 1.29 is 9.53 Å². The summed E-state index contributed by atoms with van der Waals surface area (Å²) in [5.41, 5.74) is 1.94. The molecule has 0 aromatic carbocycles. The summed E-state index contributed by atoms with van der Waals surface area (Å²) in [4.78, 5) is 12.2. The van der Waals surface area contributed by atoms with Gasteiger partial charge in [0, 0.05) is 18.6 Å². The van der Waals surface area contributed by atoms with Crippen LogP contribution in [0.1, 0.15) is 18.3 Å². The summed E-state index contributed by atoms with van der Waals surface area (Å²) in [6.07, 6.45) is 0.990. The topological polar surface area (TPSA) is 44.1 Å². The van der Waals surface area contributed by atoms with Gasteiger partial charge in [0.25, 0.3) is 0 Å². The van der Waals surface area contributed by atoms with E-state index in [1.165, 1.54) is 0 Å². The zero-order chi connectivity index (χ0) is 13.1. The molecule has 2 heterocycles. The second kappa shape index (κ2) is 6.21. The van der Waals surface area contributed by atoms with Crippen molar-refractivity contribution in [1.82, 2.24) is 9.78 Å². The van der Waals surface area contributed by atoms with Gasteiger partial charge in [-0.25, -0.2) is 0 Å². The fourth-order valence-corrected chi connectivity index (χ4v) is 3.60. The number of aryl methyl sites for hydroxylation is 2. The van der Waals surface area contributed by atoms with E-state index in [9.17, 15) is 4.79 Å². The van der Waals surface area contributed by atoms with Gasteiger partial charge < -0.3 is 4.74 Å². The van der Waals surface area contributed by atoms with Crippen molar-refractivity contribution in [3.05, 3.63) is 15.9 Å². The van der Waals surface area contributed by atoms with Crippen molar-refractivity contribution in [2.75, 3.05) is 18.1 Å². The fraction of sp³-hybridized carbons (Fsp3) is 0.667. The van der Waals surface area contributed by atoms with Crippen LogP contribution in [-0.4, -0.2) is 39.8 Å². The predicted octanol–water partition coefficient (Wildman–Crippen LogP) is 1.99. The van der Waals surface area contributed by atoms with Crippen LogP contribution in [0.25, 0.3) is 0 Å². The van der Waals surface area contributed by atoms with E-state index in [1.807, 2.05) is 7.05 Å². The third kappa shape index (κ3) is 2.97. The second-order valence-corrected chi connectivity index (χ2v) is 6.20. The lowest BCUT2D eigenvalue weighted by atomic mass is 10.1. The summed E-state index contributed by atoms with van der Waals surface area (Å²) in [6.45, 7) is 2.73. The smallest absolute Gasteiger partial charge is 0.168 e. The number of hydrogen-bond acceptors (Lipinski definition) is 4. The molecule has 0 bridgehead atoms. The molecule has 2 rings (SSSR count). The summed E-state index contributed by atoms with van der Waals surface area (Å²) < 4.78 is 8.26. The Morgan fingerprint density at radius 1 is 1.67 bits per heavy atom. The molecule has 0 radical (unpaired) electrons. The molecule has 1 aromatic heterocycles. The standard InChI is InChI=1S/C12H17BrN2O2S/c1-3-8-12(13)9(15(2)14-8)6-10(16)11-7-18-5-4-17-11/h11H,3-7H2,1-2H3. The molecular formula is C12H17BrN2O2S. The Kier molecular flexibility index (Phi) is 4.86. The maximum atomic E-state index is 12.2. The molecule has 0 amide bonds. The van der Waals surface area contributed by atoms with Crippen molar-refractivity contribution in [2.24, 2.45) is 7.05 Å². The number of ether oxygens (including phenoxy) is 1. The Morgan fingerprint density at radius 3 is 3.00 bits per heavy atom. The summed E-state index contributed by atoms with van der Waals surface area (Å²) >= 11 is 5.31. The molecule has 1 fully saturated rings. The lowest BCUT2D eigenvalue weighted by Crippen LogP contribution is -2.33. The zero-order valence-electron chi connectivity index (χ0n) is 10.6. The number of nitrogens with zero attached hydrogens (tertiary/aromatic N) is 2. The molecule has 100 valence electrons. The average molecular weight is 333 g/mol. The molecule has 0 aliphatic carbocycles. The molecule has 1 unspecified atom stereocenters. The highest BCUT2D eigenvalue weighted by Gasteiger charge is 2.25. The van der Waals surface area contributed by atoms with Crippen LogP contribution in [0.5, 0.6) is 0 Å². The average Bonchev–Trinajstić information content (AvgIpc) is 2.67. The summed E-state index contributed by atoms with van der Waals surface area (Å²) in [7, 11) is 1.88. The number of rotatable bonds is 4. The van der Waals surface area contributed by atoms with Crippen LogP contribution in [0.2, 0.25) is 0 Å². The van der Waals surface area contributed by atoms with E-state index in [4.69, 9.17) is 4.74 Å². The number of ketones is 1. The minimum absolute atomic E-state index is 0.147. The first-order valence-electron chi connectivity index (χ1n) is 6.05. The summed E-state index contributed by atoms with van der Waals surface area (Å²) in [5, 5.41) is 4.40. The lowest BCUT2D eigenvalue weighted by Gasteiger charge is -2.21. The number of hydrogen-bond donors (Lipinski definition) is 0. The minimum Gasteiger partial charge on any atom is -0.369 e. The van der Waals surface area contributed by atoms with Gasteiger partial charge in [-0.2, -0.15) is 16.9 Å². The highest BCUT2D eigenvalue weighted by Crippen LogP contribution is 2.23. The summed E-state index contributed by atoms with van der Waals surface area (Å²) in [5.74, 6) is 1.90. The monoisotopic (exact) mass is 332 g/mol. The van der Waals surface area contributed by atoms with Gasteiger partial charge >= 0.3 is 0 Å². The SMILES string of the molecule is CCc1nn(C)c(CC(=O)C2CSCCO2)c1Br. The molecule has 18 heavy (non-hydrogen) atoms. The van der Waals surface area contributed by atoms with Gasteiger partial charge in [0.15, 0.2) is 5.78 Å². The van der Waals surface area contributed by atoms with Gasteiger partial charge in [-0.15, -0.1) is 0 Å². The quantitative estimate of drug-likeness (QED) is 0.845. The van der Waals surface area contributed by atoms with Gasteiger partial charge in [-0.3, -0.25) is 9.48 Å². The van der Waals surface area contributed by atoms with Gasteiger partial charge in [-0.05, 0) is 22.4 Å². The van der Waals surface area contributed by atoms with E-state index in [2.05, 4.69) is 28.0 Å². The van der Waals surface area contributed by atoms with E-state index in [1.54, 1.807) is 16.4 Å². The summed E-state index contributed by atoms with van der Waals surface area (Å²) in [6, 6.07) is 0. The van der Waals surface area contributed by atoms with E-state index in [-0.39, 0.29) is 11.9 Å². The highest BCUT2D eigenvalue weighted by molar-refractivity contribution is 9.10. The number of carbonyl (C=O) groups is 1. The first-order valence-corrected chi connectivity index (χ1v) is 8.00. The largest absolute Gasteiger partial charge is 0.369 e. The van der Waals surface area contributed by atoms with E-state index in [0.29, 0.717) is 13.0 Å². The minimum atomic E-state index is -0.254. The number of halogens is 1. The fourth-order valence-electron chi connectivity index (χ4n) is 1.96. The molecule has 6 heteroatoms. The molecular weight excluding hydrogens is 316 g/mol. The van der Waals surface area contributed by atoms with Crippen LogP contribution in [0.15, 0.2) is 4.47 Å². The van der Waals surface area contributed by atoms with Crippen molar-refractivity contribution in [3.8, 4) is 0 Å². The normalized spacial score (nSPS) is 20.1.